The standard InChI is InChI=1S/C17H24N2O2/c1-2-21-15-7-9-19(10-8-15)17(20)16-11-13-5-3-4-6-14(13)12-18-16/h3-6,15-16,18H,2,7-12H2,1H3/t16-/m0/s1. The van der Waals surface area contributed by atoms with Gasteiger partial charge in [0.05, 0.1) is 12.1 Å². The van der Waals surface area contributed by atoms with Gasteiger partial charge in [-0.1, -0.05) is 24.3 Å². The van der Waals surface area contributed by atoms with Crippen LogP contribution < -0.4 is 5.32 Å². The van der Waals surface area contributed by atoms with Crippen molar-refractivity contribution in [3.63, 3.8) is 0 Å². The number of nitrogens with zero attached hydrogens (tertiary/aromatic N) is 1. The molecule has 1 saturated heterocycles. The molecular formula is C17H24N2O2. The van der Waals surface area contributed by atoms with Gasteiger partial charge < -0.3 is 15.0 Å². The highest BCUT2D eigenvalue weighted by atomic mass is 16.5. The summed E-state index contributed by atoms with van der Waals surface area (Å²) in [5, 5.41) is 3.39. The largest absolute Gasteiger partial charge is 0.378 e. The van der Waals surface area contributed by atoms with E-state index in [0.29, 0.717) is 6.10 Å². The van der Waals surface area contributed by atoms with E-state index in [1.165, 1.54) is 11.1 Å². The number of ether oxygens (including phenoxy) is 1. The lowest BCUT2D eigenvalue weighted by Gasteiger charge is -2.35. The minimum atomic E-state index is -0.0662. The van der Waals surface area contributed by atoms with Crippen molar-refractivity contribution in [2.75, 3.05) is 19.7 Å². The molecular weight excluding hydrogens is 264 g/mol. The van der Waals surface area contributed by atoms with Gasteiger partial charge in [-0.3, -0.25) is 4.79 Å². The maximum atomic E-state index is 12.7. The summed E-state index contributed by atoms with van der Waals surface area (Å²) < 4.78 is 5.65. The molecule has 1 aromatic carbocycles. The van der Waals surface area contributed by atoms with Crippen LogP contribution in [0.25, 0.3) is 0 Å². The van der Waals surface area contributed by atoms with Gasteiger partial charge in [0.2, 0.25) is 5.91 Å². The Morgan fingerprint density at radius 2 is 2.00 bits per heavy atom. The van der Waals surface area contributed by atoms with Gasteiger partial charge in [-0.2, -0.15) is 0 Å². The first-order valence-electron chi connectivity index (χ1n) is 7.98. The van der Waals surface area contributed by atoms with Crippen molar-refractivity contribution in [1.29, 1.82) is 0 Å². The zero-order chi connectivity index (χ0) is 14.7. The van der Waals surface area contributed by atoms with Crippen LogP contribution in [0.5, 0.6) is 0 Å². The van der Waals surface area contributed by atoms with Gasteiger partial charge in [-0.05, 0) is 37.3 Å². The molecule has 0 saturated carbocycles. The minimum absolute atomic E-state index is 0.0662. The third-order valence-corrected chi connectivity index (χ3v) is 4.54. The van der Waals surface area contributed by atoms with Crippen LogP contribution in [-0.2, 0) is 22.5 Å². The molecule has 4 heteroatoms. The first-order chi connectivity index (χ1) is 10.3. The number of piperidine rings is 1. The van der Waals surface area contributed by atoms with Gasteiger partial charge in [0.15, 0.2) is 0 Å². The summed E-state index contributed by atoms with van der Waals surface area (Å²) in [4.78, 5) is 14.7. The molecule has 1 fully saturated rings. The number of fused-ring (bicyclic) bond motifs is 1. The van der Waals surface area contributed by atoms with Gasteiger partial charge in [0.1, 0.15) is 0 Å². The van der Waals surface area contributed by atoms with Crippen LogP contribution in [0.15, 0.2) is 24.3 Å². The van der Waals surface area contributed by atoms with Gasteiger partial charge >= 0.3 is 0 Å². The Balaban J connectivity index is 1.57. The number of hydrogen-bond acceptors (Lipinski definition) is 3. The number of carbonyl (C=O) groups excluding carboxylic acids is 1. The summed E-state index contributed by atoms with van der Waals surface area (Å²) in [5.41, 5.74) is 2.62. The molecule has 0 aliphatic carbocycles. The van der Waals surface area contributed by atoms with E-state index < -0.39 is 0 Å². The zero-order valence-electron chi connectivity index (χ0n) is 12.7. The third kappa shape index (κ3) is 3.27. The van der Waals surface area contributed by atoms with E-state index in [1.54, 1.807) is 0 Å². The summed E-state index contributed by atoms with van der Waals surface area (Å²) in [5.74, 6) is 0.249. The van der Waals surface area contributed by atoms with E-state index in [-0.39, 0.29) is 11.9 Å². The molecule has 4 nitrogen and oxygen atoms in total. The number of benzene rings is 1. The highest BCUT2D eigenvalue weighted by molar-refractivity contribution is 5.82. The van der Waals surface area contributed by atoms with Gasteiger partial charge in [-0.15, -0.1) is 0 Å². The van der Waals surface area contributed by atoms with Crippen LogP contribution in [0, 0.1) is 0 Å². The molecule has 0 spiro atoms. The second-order valence-electron chi connectivity index (χ2n) is 5.89. The van der Waals surface area contributed by atoms with Gasteiger partial charge in [0.25, 0.3) is 0 Å². The Kier molecular flexibility index (Phi) is 4.56. The minimum Gasteiger partial charge on any atom is -0.378 e. The topological polar surface area (TPSA) is 41.6 Å². The van der Waals surface area contributed by atoms with Crippen molar-refractivity contribution in [3.05, 3.63) is 35.4 Å². The highest BCUT2D eigenvalue weighted by Crippen LogP contribution is 2.20. The summed E-state index contributed by atoms with van der Waals surface area (Å²) in [6.45, 7) is 5.23. The number of rotatable bonds is 3. The van der Waals surface area contributed by atoms with E-state index in [9.17, 15) is 4.79 Å². The van der Waals surface area contributed by atoms with E-state index in [4.69, 9.17) is 4.74 Å². The average Bonchev–Trinajstić information content (AvgIpc) is 2.55. The summed E-state index contributed by atoms with van der Waals surface area (Å²) in [7, 11) is 0. The number of carbonyl (C=O) groups is 1. The first kappa shape index (κ1) is 14.5. The predicted octanol–water partition coefficient (Wildman–Crippen LogP) is 1.73. The predicted molar refractivity (Wildman–Crippen MR) is 82.0 cm³/mol. The third-order valence-electron chi connectivity index (χ3n) is 4.54. The maximum Gasteiger partial charge on any atom is 0.240 e. The molecule has 2 aliphatic rings. The fourth-order valence-electron chi connectivity index (χ4n) is 3.33. The Hall–Kier alpha value is -1.39. The van der Waals surface area contributed by atoms with Crippen LogP contribution in [0.1, 0.15) is 30.9 Å². The smallest absolute Gasteiger partial charge is 0.240 e. The molecule has 2 aliphatic heterocycles. The van der Waals surface area contributed by atoms with E-state index in [2.05, 4.69) is 29.6 Å². The molecule has 0 aromatic heterocycles. The summed E-state index contributed by atoms with van der Waals surface area (Å²) in [6, 6.07) is 8.32. The molecule has 3 rings (SSSR count). The lowest BCUT2D eigenvalue weighted by Crippen LogP contribution is -2.52. The SMILES string of the molecule is CCOC1CCN(C(=O)[C@@H]2Cc3ccccc3CN2)CC1. The highest BCUT2D eigenvalue weighted by Gasteiger charge is 2.30. The fraction of sp³-hybridized carbons (Fsp3) is 0.588. The molecule has 114 valence electrons. The van der Waals surface area contributed by atoms with Crippen LogP contribution in [0.4, 0.5) is 0 Å². The van der Waals surface area contributed by atoms with Crippen LogP contribution >= 0.6 is 0 Å². The zero-order valence-corrected chi connectivity index (χ0v) is 12.7. The molecule has 0 radical (unpaired) electrons. The molecule has 2 heterocycles. The Morgan fingerprint density at radius 1 is 1.29 bits per heavy atom. The molecule has 0 bridgehead atoms. The van der Waals surface area contributed by atoms with Gasteiger partial charge in [0, 0.05) is 26.2 Å². The molecule has 0 unspecified atom stereocenters. The van der Waals surface area contributed by atoms with Crippen LogP contribution in [0.2, 0.25) is 0 Å². The van der Waals surface area contributed by atoms with E-state index in [1.807, 2.05) is 11.8 Å². The lowest BCUT2D eigenvalue weighted by atomic mass is 9.94. The maximum absolute atomic E-state index is 12.7. The van der Waals surface area contributed by atoms with Crippen molar-refractivity contribution < 1.29 is 9.53 Å². The normalized spacial score (nSPS) is 22.9. The Labute approximate surface area is 126 Å². The summed E-state index contributed by atoms with van der Waals surface area (Å²) in [6.07, 6.45) is 3.06. The van der Waals surface area contributed by atoms with Crippen LogP contribution in [0.3, 0.4) is 0 Å². The van der Waals surface area contributed by atoms with Gasteiger partial charge in [-0.25, -0.2) is 0 Å². The number of likely N-dealkylation sites (tertiary alicyclic amines) is 1. The molecule has 21 heavy (non-hydrogen) atoms. The number of amides is 1. The molecule has 1 aromatic rings. The lowest BCUT2D eigenvalue weighted by molar-refractivity contribution is -0.136. The quantitative estimate of drug-likeness (QED) is 0.921. The second kappa shape index (κ2) is 6.58. The van der Waals surface area contributed by atoms with Crippen molar-refractivity contribution in [2.45, 2.75) is 44.9 Å². The Morgan fingerprint density at radius 3 is 2.71 bits per heavy atom. The molecule has 1 N–H and O–H groups in total. The first-order valence-corrected chi connectivity index (χ1v) is 7.98. The average molecular weight is 288 g/mol. The van der Waals surface area contributed by atoms with Crippen molar-refractivity contribution in [2.24, 2.45) is 0 Å². The fourth-order valence-corrected chi connectivity index (χ4v) is 3.33. The van der Waals surface area contributed by atoms with Crippen LogP contribution in [-0.4, -0.2) is 42.6 Å². The Bertz CT molecular complexity index is 495. The van der Waals surface area contributed by atoms with E-state index in [0.717, 1.165) is 45.5 Å². The molecule has 1 atom stereocenters. The van der Waals surface area contributed by atoms with E-state index >= 15 is 0 Å². The monoisotopic (exact) mass is 288 g/mol. The van der Waals surface area contributed by atoms with Crippen molar-refractivity contribution >= 4 is 5.91 Å². The summed E-state index contributed by atoms with van der Waals surface area (Å²) >= 11 is 0. The number of nitrogens with one attached hydrogen (secondary N) is 1. The molecule has 1 amide bonds. The van der Waals surface area contributed by atoms with Crippen molar-refractivity contribution in [1.82, 2.24) is 10.2 Å². The second-order valence-corrected chi connectivity index (χ2v) is 5.89. The number of hydrogen-bond donors (Lipinski definition) is 1. The van der Waals surface area contributed by atoms with Crippen molar-refractivity contribution in [3.8, 4) is 0 Å².